The average Bonchev–Trinajstić information content (AvgIpc) is 3.29. The highest BCUT2D eigenvalue weighted by Crippen LogP contribution is 2.32. The molecule has 26 heavy (non-hydrogen) atoms. The minimum absolute atomic E-state index is 0.0398. The topological polar surface area (TPSA) is 68.5 Å². The molecule has 1 atom stereocenters. The fourth-order valence-electron chi connectivity index (χ4n) is 3.00. The highest BCUT2D eigenvalue weighted by atomic mass is 35.5. The van der Waals surface area contributed by atoms with Crippen LogP contribution in [-0.2, 0) is 4.79 Å². The number of halogens is 1. The number of methoxy groups -OCH3 is 1. The van der Waals surface area contributed by atoms with E-state index in [0.717, 1.165) is 17.0 Å². The van der Waals surface area contributed by atoms with Gasteiger partial charge in [0.05, 0.1) is 7.11 Å². The molecular formula is C19H16ClN3O3. The van der Waals surface area contributed by atoms with E-state index in [9.17, 15) is 4.79 Å². The van der Waals surface area contributed by atoms with Crippen molar-refractivity contribution in [1.82, 2.24) is 10.1 Å². The molecular weight excluding hydrogens is 354 g/mol. The molecule has 0 aliphatic carbocycles. The summed E-state index contributed by atoms with van der Waals surface area (Å²) in [5.41, 5.74) is 1.63. The van der Waals surface area contributed by atoms with Gasteiger partial charge in [-0.15, -0.1) is 0 Å². The summed E-state index contributed by atoms with van der Waals surface area (Å²) < 4.78 is 10.5. The molecule has 1 aliphatic rings. The second-order valence-corrected chi connectivity index (χ2v) is 6.50. The van der Waals surface area contributed by atoms with E-state index in [1.54, 1.807) is 24.1 Å². The van der Waals surface area contributed by atoms with Gasteiger partial charge in [-0.3, -0.25) is 4.79 Å². The van der Waals surface area contributed by atoms with E-state index in [2.05, 4.69) is 10.1 Å². The van der Waals surface area contributed by atoms with Crippen molar-refractivity contribution >= 4 is 23.2 Å². The first-order chi connectivity index (χ1) is 12.6. The quantitative estimate of drug-likeness (QED) is 0.697. The van der Waals surface area contributed by atoms with Crippen molar-refractivity contribution in [3.05, 3.63) is 59.4 Å². The maximum Gasteiger partial charge on any atom is 0.257 e. The SMILES string of the molecule is COc1ccc(N2C[C@@H](c3noc(-c4ccc(Cl)cc4)n3)CC2=O)cc1. The van der Waals surface area contributed by atoms with Gasteiger partial charge < -0.3 is 14.2 Å². The Hall–Kier alpha value is -2.86. The molecule has 1 fully saturated rings. The Kier molecular flexibility index (Phi) is 4.34. The number of benzene rings is 2. The molecule has 2 heterocycles. The van der Waals surface area contributed by atoms with Gasteiger partial charge in [0.25, 0.3) is 5.89 Å². The number of amides is 1. The number of aromatic nitrogens is 2. The Bertz CT molecular complexity index is 922. The zero-order valence-electron chi connectivity index (χ0n) is 14.1. The van der Waals surface area contributed by atoms with Crippen LogP contribution in [0.5, 0.6) is 5.75 Å². The van der Waals surface area contributed by atoms with Crippen LogP contribution in [0.1, 0.15) is 18.2 Å². The van der Waals surface area contributed by atoms with E-state index in [1.807, 2.05) is 36.4 Å². The standard InChI is InChI=1S/C19H16ClN3O3/c1-25-16-8-6-15(7-9-16)23-11-13(10-17(23)24)18-21-19(26-22-18)12-2-4-14(20)5-3-12/h2-9,13H,10-11H2,1H3/t13-/m0/s1. The molecule has 0 unspecified atom stereocenters. The third kappa shape index (κ3) is 3.15. The maximum atomic E-state index is 12.4. The molecule has 0 N–H and O–H groups in total. The number of rotatable bonds is 4. The monoisotopic (exact) mass is 369 g/mol. The van der Waals surface area contributed by atoms with Crippen LogP contribution in [-0.4, -0.2) is 29.7 Å². The fraction of sp³-hybridized carbons (Fsp3) is 0.211. The first-order valence-corrected chi connectivity index (χ1v) is 8.56. The number of nitrogens with zero attached hydrogens (tertiary/aromatic N) is 3. The highest BCUT2D eigenvalue weighted by Gasteiger charge is 2.34. The van der Waals surface area contributed by atoms with Gasteiger partial charge in [0.15, 0.2) is 5.82 Å². The molecule has 4 rings (SSSR count). The van der Waals surface area contributed by atoms with E-state index >= 15 is 0 Å². The second kappa shape index (κ2) is 6.80. The summed E-state index contributed by atoms with van der Waals surface area (Å²) in [5, 5.41) is 4.71. The predicted octanol–water partition coefficient (Wildman–Crippen LogP) is 3.92. The van der Waals surface area contributed by atoms with Crippen molar-refractivity contribution in [2.45, 2.75) is 12.3 Å². The zero-order valence-corrected chi connectivity index (χ0v) is 14.8. The van der Waals surface area contributed by atoms with Crippen molar-refractivity contribution in [3.8, 4) is 17.2 Å². The molecule has 0 bridgehead atoms. The Morgan fingerprint density at radius 1 is 1.15 bits per heavy atom. The lowest BCUT2D eigenvalue weighted by atomic mass is 10.1. The van der Waals surface area contributed by atoms with Gasteiger partial charge in [-0.05, 0) is 48.5 Å². The minimum Gasteiger partial charge on any atom is -0.497 e. The third-order valence-electron chi connectivity index (χ3n) is 4.41. The number of hydrogen-bond donors (Lipinski definition) is 0. The lowest BCUT2D eigenvalue weighted by Crippen LogP contribution is -2.24. The van der Waals surface area contributed by atoms with Gasteiger partial charge in [0.2, 0.25) is 5.91 Å². The van der Waals surface area contributed by atoms with Gasteiger partial charge in [0.1, 0.15) is 5.75 Å². The van der Waals surface area contributed by atoms with Gasteiger partial charge in [0, 0.05) is 35.2 Å². The number of hydrogen-bond acceptors (Lipinski definition) is 5. The summed E-state index contributed by atoms with van der Waals surface area (Å²) >= 11 is 5.90. The Balaban J connectivity index is 1.52. The first kappa shape index (κ1) is 16.6. The molecule has 1 aliphatic heterocycles. The van der Waals surface area contributed by atoms with E-state index in [0.29, 0.717) is 29.7 Å². The number of carbonyl (C=O) groups excluding carboxylic acids is 1. The zero-order chi connectivity index (χ0) is 18.1. The summed E-state index contributed by atoms with van der Waals surface area (Å²) in [6.07, 6.45) is 0.353. The van der Waals surface area contributed by atoms with E-state index < -0.39 is 0 Å². The lowest BCUT2D eigenvalue weighted by molar-refractivity contribution is -0.117. The lowest BCUT2D eigenvalue weighted by Gasteiger charge is -2.16. The molecule has 1 saturated heterocycles. The van der Waals surface area contributed by atoms with Crippen molar-refractivity contribution in [2.24, 2.45) is 0 Å². The molecule has 132 valence electrons. The van der Waals surface area contributed by atoms with E-state index in [4.69, 9.17) is 20.9 Å². The third-order valence-corrected chi connectivity index (χ3v) is 4.66. The van der Waals surface area contributed by atoms with Crippen LogP contribution in [0.2, 0.25) is 5.02 Å². The molecule has 1 aromatic heterocycles. The molecule has 0 saturated carbocycles. The normalized spacial score (nSPS) is 16.9. The highest BCUT2D eigenvalue weighted by molar-refractivity contribution is 6.30. The van der Waals surface area contributed by atoms with Crippen LogP contribution in [0.4, 0.5) is 5.69 Å². The minimum atomic E-state index is -0.102. The van der Waals surface area contributed by atoms with Crippen LogP contribution >= 0.6 is 11.6 Å². The number of ether oxygens (including phenoxy) is 1. The van der Waals surface area contributed by atoms with Gasteiger partial charge in [-0.1, -0.05) is 16.8 Å². The van der Waals surface area contributed by atoms with E-state index in [1.165, 1.54) is 0 Å². The van der Waals surface area contributed by atoms with E-state index in [-0.39, 0.29) is 11.8 Å². The second-order valence-electron chi connectivity index (χ2n) is 6.07. The number of carbonyl (C=O) groups is 1. The van der Waals surface area contributed by atoms with Crippen LogP contribution in [0.25, 0.3) is 11.5 Å². The molecule has 3 aromatic rings. The van der Waals surface area contributed by atoms with Crippen molar-refractivity contribution in [2.75, 3.05) is 18.6 Å². The largest absolute Gasteiger partial charge is 0.497 e. The van der Waals surface area contributed by atoms with Crippen LogP contribution in [0.3, 0.4) is 0 Å². The summed E-state index contributed by atoms with van der Waals surface area (Å²) in [5.74, 6) is 1.65. The molecule has 6 nitrogen and oxygen atoms in total. The van der Waals surface area contributed by atoms with Crippen molar-refractivity contribution in [1.29, 1.82) is 0 Å². The molecule has 0 spiro atoms. The van der Waals surface area contributed by atoms with Crippen molar-refractivity contribution < 1.29 is 14.1 Å². The van der Waals surface area contributed by atoms with Crippen LogP contribution in [0, 0.1) is 0 Å². The van der Waals surface area contributed by atoms with Crippen LogP contribution in [0.15, 0.2) is 53.1 Å². The first-order valence-electron chi connectivity index (χ1n) is 8.18. The Morgan fingerprint density at radius 2 is 1.88 bits per heavy atom. The summed E-state index contributed by atoms with van der Waals surface area (Å²) in [7, 11) is 1.61. The fourth-order valence-corrected chi connectivity index (χ4v) is 3.13. The molecule has 0 radical (unpaired) electrons. The predicted molar refractivity (Wildman–Crippen MR) is 97.4 cm³/mol. The van der Waals surface area contributed by atoms with Crippen LogP contribution < -0.4 is 9.64 Å². The average molecular weight is 370 g/mol. The summed E-state index contributed by atoms with van der Waals surface area (Å²) in [4.78, 5) is 18.6. The van der Waals surface area contributed by atoms with Crippen molar-refractivity contribution in [3.63, 3.8) is 0 Å². The summed E-state index contributed by atoms with van der Waals surface area (Å²) in [6.45, 7) is 0.519. The summed E-state index contributed by atoms with van der Waals surface area (Å²) in [6, 6.07) is 14.6. The molecule has 7 heteroatoms. The molecule has 1 amide bonds. The smallest absolute Gasteiger partial charge is 0.257 e. The maximum absolute atomic E-state index is 12.4. The van der Waals surface area contributed by atoms with Gasteiger partial charge in [-0.25, -0.2) is 0 Å². The van der Waals surface area contributed by atoms with Gasteiger partial charge >= 0.3 is 0 Å². The Morgan fingerprint density at radius 3 is 2.58 bits per heavy atom. The van der Waals surface area contributed by atoms with Gasteiger partial charge in [-0.2, -0.15) is 4.98 Å². The number of anilines is 1. The molecule has 2 aromatic carbocycles. The Labute approximate surface area is 155 Å².